The van der Waals surface area contributed by atoms with Crippen molar-refractivity contribution in [2.24, 2.45) is 0 Å². The molecule has 4 heteroatoms. The molecule has 1 aromatic heterocycles. The van der Waals surface area contributed by atoms with Crippen LogP contribution in [-0.2, 0) is 0 Å². The normalized spacial score (nSPS) is 6.67. The summed E-state index contributed by atoms with van der Waals surface area (Å²) in [5.41, 5.74) is 0. The Morgan fingerprint density at radius 1 is 1.50 bits per heavy atom. The van der Waals surface area contributed by atoms with Gasteiger partial charge in [-0.2, -0.15) is 5.10 Å². The molecule has 1 aromatic rings. The van der Waals surface area contributed by atoms with E-state index in [1.165, 1.54) is 12.7 Å². The molecule has 0 saturated carbocycles. The first kappa shape index (κ1) is 6.06. The quantitative estimate of drug-likeness (QED) is 0.611. The van der Waals surface area contributed by atoms with Gasteiger partial charge in [0, 0.05) is 0 Å². The fraction of sp³-hybridized carbons (Fsp3) is 0. The van der Waals surface area contributed by atoms with E-state index in [0.717, 1.165) is 0 Å². The Kier molecular flexibility index (Phi) is 3.29. The monoisotopic (exact) mass is 279 g/mol. The molecule has 0 unspecified atom stereocenters. The van der Waals surface area contributed by atoms with Crippen LogP contribution in [0.15, 0.2) is 12.7 Å². The smallest absolute Gasteiger partial charge is 0.137 e. The van der Waals surface area contributed by atoms with Gasteiger partial charge >= 0.3 is 27.3 Å². The van der Waals surface area contributed by atoms with Crippen molar-refractivity contribution < 1.29 is 0 Å². The van der Waals surface area contributed by atoms with Gasteiger partial charge in [0.05, 0.1) is 0 Å². The van der Waals surface area contributed by atoms with Crippen LogP contribution in [0.4, 0.5) is 0 Å². The third-order valence-electron chi connectivity index (χ3n) is 0.331. The third-order valence-corrected chi connectivity index (χ3v) is 0.331. The Labute approximate surface area is 55.3 Å². The van der Waals surface area contributed by atoms with Crippen LogP contribution in [0, 0.1) is 0 Å². The van der Waals surface area contributed by atoms with Gasteiger partial charge in [0.2, 0.25) is 0 Å². The first-order valence-electron chi connectivity index (χ1n) is 1.29. The Hall–Kier alpha value is 0.0621. The summed E-state index contributed by atoms with van der Waals surface area (Å²) in [7, 11) is 0. The molecule has 0 fully saturated rings. The van der Waals surface area contributed by atoms with E-state index in [2.05, 4.69) is 15.2 Å². The number of nitrogens with one attached hydrogen (secondary N) is 1. The van der Waals surface area contributed by atoms with Gasteiger partial charge in [0.1, 0.15) is 12.7 Å². The summed E-state index contributed by atoms with van der Waals surface area (Å²) in [6, 6.07) is 0. The van der Waals surface area contributed by atoms with Crippen molar-refractivity contribution in [3.8, 4) is 0 Å². The molecule has 0 amide bonds. The predicted molar refractivity (Wildman–Crippen MR) is 24.9 cm³/mol. The molecule has 0 aliphatic carbocycles. The first-order valence-corrected chi connectivity index (χ1v) is 1.29. The van der Waals surface area contributed by atoms with Crippen LogP contribution in [0.2, 0.25) is 0 Å². The molecule has 1 N–H and O–H groups in total. The number of H-pyrrole nitrogens is 1. The largest absolute Gasteiger partial charge is 0.266 e. The third kappa shape index (κ3) is 1.49. The van der Waals surface area contributed by atoms with Crippen molar-refractivity contribution >= 4 is 27.3 Å². The second kappa shape index (κ2) is 3.26. The van der Waals surface area contributed by atoms with Crippen molar-refractivity contribution in [1.82, 2.24) is 15.2 Å². The van der Waals surface area contributed by atoms with E-state index < -0.39 is 0 Å². The molecule has 6 heavy (non-hydrogen) atoms. The minimum absolute atomic E-state index is 0. The van der Waals surface area contributed by atoms with Gasteiger partial charge in [-0.1, -0.05) is 0 Å². The zero-order valence-electron chi connectivity index (χ0n) is 3.26. The van der Waals surface area contributed by atoms with Crippen LogP contribution in [-0.4, -0.2) is 42.5 Å². The molecule has 0 bridgehead atoms. The number of hydrogen-bond donors (Lipinski definition) is 1. The molecule has 3 nitrogen and oxygen atoms in total. The van der Waals surface area contributed by atoms with E-state index in [1.807, 2.05) is 0 Å². The molecule has 0 aromatic carbocycles. The molecule has 1 heterocycles. The topological polar surface area (TPSA) is 41.6 Å². The van der Waals surface area contributed by atoms with Gasteiger partial charge in [-0.15, -0.1) is 0 Å². The van der Waals surface area contributed by atoms with Crippen LogP contribution >= 0.6 is 0 Å². The zero-order valence-corrected chi connectivity index (χ0v) is 8.75. The first-order chi connectivity index (χ1) is 2.50. The molecular weight excluding hydrogens is 273 g/mol. The summed E-state index contributed by atoms with van der Waals surface area (Å²) in [6.45, 7) is 0. The number of rotatable bonds is 0. The Morgan fingerprint density at radius 3 is 2.50 bits per heavy atom. The van der Waals surface area contributed by atoms with Gasteiger partial charge in [0.15, 0.2) is 0 Å². The number of nitrogens with zero attached hydrogens (tertiary/aromatic N) is 2. The Morgan fingerprint density at radius 2 is 2.33 bits per heavy atom. The summed E-state index contributed by atoms with van der Waals surface area (Å²) in [4.78, 5) is 3.56. The van der Waals surface area contributed by atoms with Gasteiger partial charge in [0.25, 0.3) is 0 Å². The molecule has 0 atom stereocenters. The SMILES string of the molecule is [PbH2].c1nc[nH]n1. The maximum atomic E-state index is 3.56. The van der Waals surface area contributed by atoms with Crippen LogP contribution in [0.5, 0.6) is 0 Å². The number of aromatic nitrogens is 3. The molecule has 0 saturated heterocycles. The molecule has 2 radical (unpaired) electrons. The number of aromatic amines is 1. The molecule has 1 rings (SSSR count). The van der Waals surface area contributed by atoms with Gasteiger partial charge < -0.3 is 0 Å². The minimum atomic E-state index is 0. The summed E-state index contributed by atoms with van der Waals surface area (Å²) >= 11 is 0. The summed E-state index contributed by atoms with van der Waals surface area (Å²) in [5.74, 6) is 0. The van der Waals surface area contributed by atoms with Gasteiger partial charge in [-0.25, -0.2) is 4.98 Å². The van der Waals surface area contributed by atoms with Crippen molar-refractivity contribution in [3.05, 3.63) is 12.7 Å². The standard InChI is InChI=1S/C2H3N3.Pb.2H/c1-3-2-5-4-1;;;/h1-2H,(H,3,4,5);;;. The van der Waals surface area contributed by atoms with Crippen LogP contribution in [0.25, 0.3) is 0 Å². The average molecular weight is 278 g/mol. The van der Waals surface area contributed by atoms with E-state index in [9.17, 15) is 0 Å². The van der Waals surface area contributed by atoms with Crippen LogP contribution < -0.4 is 0 Å². The Balaban J connectivity index is 0.000000250. The molecule has 0 aliphatic rings. The predicted octanol–water partition coefficient (Wildman–Crippen LogP) is -1.11. The van der Waals surface area contributed by atoms with Crippen molar-refractivity contribution in [2.75, 3.05) is 0 Å². The van der Waals surface area contributed by atoms with Gasteiger partial charge in [-0.3, -0.25) is 5.10 Å². The average Bonchev–Trinajstić information content (AvgIpc) is 1.76. The fourth-order valence-corrected chi connectivity index (χ4v) is 0.167. The van der Waals surface area contributed by atoms with E-state index in [4.69, 9.17) is 0 Å². The second-order valence-electron chi connectivity index (χ2n) is 0.652. The van der Waals surface area contributed by atoms with Crippen molar-refractivity contribution in [3.63, 3.8) is 0 Å². The number of hydrogen-bond acceptors (Lipinski definition) is 2. The summed E-state index contributed by atoms with van der Waals surface area (Å²) in [6.07, 6.45) is 2.96. The van der Waals surface area contributed by atoms with Crippen molar-refractivity contribution in [2.45, 2.75) is 0 Å². The second-order valence-corrected chi connectivity index (χ2v) is 0.652. The van der Waals surface area contributed by atoms with Crippen molar-refractivity contribution in [1.29, 1.82) is 0 Å². The Bertz CT molecular complexity index is 65.3. The molecule has 32 valence electrons. The summed E-state index contributed by atoms with van der Waals surface area (Å²) in [5, 5.41) is 5.99. The van der Waals surface area contributed by atoms with E-state index in [-0.39, 0.29) is 27.3 Å². The van der Waals surface area contributed by atoms with E-state index in [0.29, 0.717) is 0 Å². The fourth-order valence-electron chi connectivity index (χ4n) is 0.167. The van der Waals surface area contributed by atoms with E-state index >= 15 is 0 Å². The molecule has 0 spiro atoms. The zero-order chi connectivity index (χ0) is 3.54. The maximum absolute atomic E-state index is 3.56. The molecular formula is C2H5N3Pb. The minimum Gasteiger partial charge on any atom is -0.266 e. The van der Waals surface area contributed by atoms with Gasteiger partial charge in [-0.05, 0) is 0 Å². The van der Waals surface area contributed by atoms with E-state index in [1.54, 1.807) is 0 Å². The van der Waals surface area contributed by atoms with Crippen LogP contribution in [0.1, 0.15) is 0 Å². The summed E-state index contributed by atoms with van der Waals surface area (Å²) < 4.78 is 0. The molecule has 0 aliphatic heterocycles. The van der Waals surface area contributed by atoms with Crippen LogP contribution in [0.3, 0.4) is 0 Å². The maximum Gasteiger partial charge on any atom is 0.137 e.